The normalized spacial score (nSPS) is 10.5. The highest BCUT2D eigenvalue weighted by Gasteiger charge is 2.22. The van der Waals surface area contributed by atoms with Gasteiger partial charge in [0, 0.05) is 4.88 Å². The number of carbonyl (C=O) groups excluding carboxylic acids is 2. The third-order valence-electron chi connectivity index (χ3n) is 3.63. The lowest BCUT2D eigenvalue weighted by atomic mass is 10.1. The van der Waals surface area contributed by atoms with Crippen molar-refractivity contribution < 1.29 is 14.3 Å². The van der Waals surface area contributed by atoms with E-state index in [0.717, 1.165) is 16.9 Å². The first-order valence-electron chi connectivity index (χ1n) is 7.94. The lowest BCUT2D eigenvalue weighted by Gasteiger charge is -2.11. The number of anilines is 1. The number of rotatable bonds is 7. The van der Waals surface area contributed by atoms with Crippen LogP contribution in [-0.2, 0) is 6.42 Å². The van der Waals surface area contributed by atoms with Crippen molar-refractivity contribution >= 4 is 28.2 Å². The maximum atomic E-state index is 12.6. The van der Waals surface area contributed by atoms with Gasteiger partial charge in [-0.2, -0.15) is 0 Å². The molecular formula is C18H22N2O3S. The van der Waals surface area contributed by atoms with Crippen LogP contribution >= 0.6 is 11.3 Å². The molecule has 2 aromatic rings. The number of hydrogen-bond acceptors (Lipinski definition) is 4. The summed E-state index contributed by atoms with van der Waals surface area (Å²) in [5, 5.41) is 3.31. The quantitative estimate of drug-likeness (QED) is 0.801. The first kappa shape index (κ1) is 18.0. The standard InChI is InChI=1S/C18H22N2O3S/c1-4-10-23-14-9-7-6-8-13(14)17(22)20-18-15(16(19)21)12(5-2)11(3)24-18/h6-9H,4-5,10H2,1-3H3,(H2,19,21)(H,20,22). The molecule has 1 aromatic carbocycles. The molecule has 24 heavy (non-hydrogen) atoms. The van der Waals surface area contributed by atoms with Crippen molar-refractivity contribution in [2.75, 3.05) is 11.9 Å². The van der Waals surface area contributed by atoms with E-state index in [1.807, 2.05) is 26.8 Å². The maximum Gasteiger partial charge on any atom is 0.260 e. The predicted octanol–water partition coefficient (Wildman–Crippen LogP) is 3.76. The highest BCUT2D eigenvalue weighted by Crippen LogP contribution is 2.34. The second kappa shape index (κ2) is 7.97. The van der Waals surface area contributed by atoms with Crippen LogP contribution in [0.2, 0.25) is 0 Å². The zero-order valence-electron chi connectivity index (χ0n) is 14.1. The Morgan fingerprint density at radius 3 is 2.58 bits per heavy atom. The zero-order valence-corrected chi connectivity index (χ0v) is 15.0. The van der Waals surface area contributed by atoms with E-state index in [9.17, 15) is 9.59 Å². The lowest BCUT2D eigenvalue weighted by Crippen LogP contribution is -2.18. The van der Waals surface area contributed by atoms with E-state index in [1.54, 1.807) is 18.2 Å². The molecule has 0 saturated heterocycles. The molecule has 128 valence electrons. The smallest absolute Gasteiger partial charge is 0.260 e. The van der Waals surface area contributed by atoms with E-state index in [1.165, 1.54) is 11.3 Å². The molecule has 0 aliphatic carbocycles. The number of aryl methyl sites for hydroxylation is 1. The van der Waals surface area contributed by atoms with E-state index >= 15 is 0 Å². The number of primary amides is 1. The molecule has 0 fully saturated rings. The van der Waals surface area contributed by atoms with Crippen LogP contribution in [0, 0.1) is 6.92 Å². The summed E-state index contributed by atoms with van der Waals surface area (Å²) >= 11 is 1.37. The van der Waals surface area contributed by atoms with Crippen molar-refractivity contribution in [2.45, 2.75) is 33.6 Å². The van der Waals surface area contributed by atoms with E-state index in [-0.39, 0.29) is 5.91 Å². The van der Waals surface area contributed by atoms with Crippen molar-refractivity contribution in [3.8, 4) is 5.75 Å². The van der Waals surface area contributed by atoms with Gasteiger partial charge in [-0.3, -0.25) is 9.59 Å². The van der Waals surface area contributed by atoms with Crippen molar-refractivity contribution in [2.24, 2.45) is 5.73 Å². The van der Waals surface area contributed by atoms with Gasteiger partial charge in [-0.15, -0.1) is 11.3 Å². The molecule has 3 N–H and O–H groups in total. The molecule has 0 atom stereocenters. The third kappa shape index (κ3) is 3.76. The summed E-state index contributed by atoms with van der Waals surface area (Å²) in [5.41, 5.74) is 7.23. The Bertz CT molecular complexity index is 753. The molecule has 2 amide bonds. The molecule has 0 bridgehead atoms. The second-order valence-corrected chi connectivity index (χ2v) is 6.58. The number of nitrogens with two attached hydrogens (primary N) is 1. The molecule has 1 heterocycles. The van der Waals surface area contributed by atoms with Gasteiger partial charge in [0.2, 0.25) is 0 Å². The average Bonchev–Trinajstić information content (AvgIpc) is 2.88. The number of benzene rings is 1. The topological polar surface area (TPSA) is 81.4 Å². The Morgan fingerprint density at radius 2 is 1.96 bits per heavy atom. The largest absolute Gasteiger partial charge is 0.493 e. The molecule has 6 heteroatoms. The Labute approximate surface area is 145 Å². The van der Waals surface area contributed by atoms with Crippen LogP contribution in [0.3, 0.4) is 0 Å². The first-order chi connectivity index (χ1) is 11.5. The third-order valence-corrected chi connectivity index (χ3v) is 4.69. The summed E-state index contributed by atoms with van der Waals surface area (Å²) in [7, 11) is 0. The summed E-state index contributed by atoms with van der Waals surface area (Å²) in [6.45, 7) is 6.42. The van der Waals surface area contributed by atoms with Gasteiger partial charge >= 0.3 is 0 Å². The summed E-state index contributed by atoms with van der Waals surface area (Å²) in [6.07, 6.45) is 1.54. The van der Waals surface area contributed by atoms with E-state index in [4.69, 9.17) is 10.5 Å². The number of nitrogens with one attached hydrogen (secondary N) is 1. The fourth-order valence-electron chi connectivity index (χ4n) is 2.52. The highest BCUT2D eigenvalue weighted by atomic mass is 32.1. The lowest BCUT2D eigenvalue weighted by molar-refractivity contribution is 0.100. The Morgan fingerprint density at radius 1 is 1.25 bits per heavy atom. The average molecular weight is 346 g/mol. The number of amides is 2. The Balaban J connectivity index is 2.33. The SMILES string of the molecule is CCCOc1ccccc1C(=O)Nc1sc(C)c(CC)c1C(N)=O. The minimum atomic E-state index is -0.526. The van der Waals surface area contributed by atoms with Gasteiger partial charge < -0.3 is 15.8 Å². The number of para-hydroxylation sites is 1. The fourth-order valence-corrected chi connectivity index (χ4v) is 3.66. The minimum absolute atomic E-state index is 0.312. The van der Waals surface area contributed by atoms with Gasteiger partial charge in [0.05, 0.1) is 17.7 Å². The highest BCUT2D eigenvalue weighted by molar-refractivity contribution is 7.16. The summed E-state index contributed by atoms with van der Waals surface area (Å²) < 4.78 is 5.62. The van der Waals surface area contributed by atoms with Gasteiger partial charge in [-0.25, -0.2) is 0 Å². The first-order valence-corrected chi connectivity index (χ1v) is 8.76. The predicted molar refractivity (Wildman–Crippen MR) is 97.1 cm³/mol. The molecule has 0 aliphatic rings. The molecule has 0 saturated carbocycles. The Kier molecular flexibility index (Phi) is 5.98. The van der Waals surface area contributed by atoms with E-state index in [0.29, 0.717) is 34.9 Å². The van der Waals surface area contributed by atoms with Gasteiger partial charge in [0.25, 0.3) is 11.8 Å². The molecule has 0 unspecified atom stereocenters. The number of hydrogen-bond donors (Lipinski definition) is 2. The van der Waals surface area contributed by atoms with Crippen molar-refractivity contribution in [3.63, 3.8) is 0 Å². The summed E-state index contributed by atoms with van der Waals surface area (Å²) in [6, 6.07) is 7.06. The summed E-state index contributed by atoms with van der Waals surface area (Å²) in [4.78, 5) is 25.4. The molecular weight excluding hydrogens is 324 g/mol. The van der Waals surface area contributed by atoms with E-state index < -0.39 is 5.91 Å². The molecule has 0 radical (unpaired) electrons. The van der Waals surface area contributed by atoms with Gasteiger partial charge in [0.15, 0.2) is 0 Å². The van der Waals surface area contributed by atoms with Crippen LogP contribution in [0.25, 0.3) is 0 Å². The van der Waals surface area contributed by atoms with Crippen molar-refractivity contribution in [3.05, 3.63) is 45.8 Å². The fraction of sp³-hybridized carbons (Fsp3) is 0.333. The molecule has 1 aromatic heterocycles. The Hall–Kier alpha value is -2.34. The zero-order chi connectivity index (χ0) is 17.7. The van der Waals surface area contributed by atoms with Crippen LogP contribution in [-0.4, -0.2) is 18.4 Å². The molecule has 5 nitrogen and oxygen atoms in total. The van der Waals surface area contributed by atoms with Crippen LogP contribution < -0.4 is 15.8 Å². The van der Waals surface area contributed by atoms with E-state index in [2.05, 4.69) is 5.32 Å². The molecule has 2 rings (SSSR count). The molecule has 0 aliphatic heterocycles. The molecule has 0 spiro atoms. The monoisotopic (exact) mass is 346 g/mol. The second-order valence-electron chi connectivity index (χ2n) is 5.36. The van der Waals surface area contributed by atoms with Gasteiger partial charge in [-0.05, 0) is 37.5 Å². The minimum Gasteiger partial charge on any atom is -0.493 e. The number of ether oxygens (including phenoxy) is 1. The van der Waals surface area contributed by atoms with Crippen LogP contribution in [0.1, 0.15) is 51.4 Å². The van der Waals surface area contributed by atoms with Gasteiger partial charge in [0.1, 0.15) is 10.8 Å². The number of thiophene rings is 1. The van der Waals surface area contributed by atoms with Crippen LogP contribution in [0.4, 0.5) is 5.00 Å². The van der Waals surface area contributed by atoms with Crippen LogP contribution in [0.5, 0.6) is 5.75 Å². The van der Waals surface area contributed by atoms with Crippen molar-refractivity contribution in [1.82, 2.24) is 0 Å². The summed E-state index contributed by atoms with van der Waals surface area (Å²) in [5.74, 6) is -0.309. The van der Waals surface area contributed by atoms with Crippen LogP contribution in [0.15, 0.2) is 24.3 Å². The van der Waals surface area contributed by atoms with Gasteiger partial charge in [-0.1, -0.05) is 26.0 Å². The van der Waals surface area contributed by atoms with Crippen molar-refractivity contribution in [1.29, 1.82) is 0 Å². The number of carbonyl (C=O) groups is 2. The maximum absolute atomic E-state index is 12.6.